The summed E-state index contributed by atoms with van der Waals surface area (Å²) in [6, 6.07) is 10.1. The van der Waals surface area contributed by atoms with Crippen LogP contribution in [0.4, 0.5) is 0 Å². The lowest BCUT2D eigenvalue weighted by atomic mass is 10.0. The quantitative estimate of drug-likeness (QED) is 0.249. The summed E-state index contributed by atoms with van der Waals surface area (Å²) in [4.78, 5) is 84.1. The molecule has 5 N–H and O–H groups in total. The van der Waals surface area contributed by atoms with Gasteiger partial charge in [-0.2, -0.15) is 0 Å². The first-order valence-corrected chi connectivity index (χ1v) is 16.4. The summed E-state index contributed by atoms with van der Waals surface area (Å²) in [6.45, 7) is 1.52. The largest absolute Gasteiger partial charge is 0.524 e. The van der Waals surface area contributed by atoms with Crippen molar-refractivity contribution in [2.24, 2.45) is 0 Å². The van der Waals surface area contributed by atoms with Gasteiger partial charge >= 0.3 is 7.82 Å². The Morgan fingerprint density at radius 1 is 0.978 bits per heavy atom. The van der Waals surface area contributed by atoms with Crippen LogP contribution < -0.4 is 20.5 Å². The third-order valence-corrected chi connectivity index (χ3v) is 8.66. The number of fused-ring (bicyclic) bond motifs is 2. The SMILES string of the molecule is CC(=O)NC(Cc1ccc(OP(=O)(O)O)cc1)C(=O)NC1CCC(=O)N2CCCC(C(=O)NC3CCc4ccccc43)N2C1=O. The average molecular weight is 642 g/mol. The normalized spacial score (nSPS) is 22.1. The molecule has 0 radical (unpaired) electrons. The van der Waals surface area contributed by atoms with Gasteiger partial charge in [0.25, 0.3) is 5.91 Å². The Labute approximate surface area is 259 Å². The van der Waals surface area contributed by atoms with Gasteiger partial charge in [-0.25, -0.2) is 9.57 Å². The molecule has 2 saturated heterocycles. The first kappa shape index (κ1) is 32.1. The fourth-order valence-electron chi connectivity index (χ4n) is 6.17. The second-order valence-electron chi connectivity index (χ2n) is 11.4. The molecule has 4 unspecified atom stereocenters. The number of hydrogen-bond donors (Lipinski definition) is 5. The van der Waals surface area contributed by atoms with Crippen molar-refractivity contribution < 1.29 is 42.8 Å². The first-order valence-electron chi connectivity index (χ1n) is 14.8. The minimum atomic E-state index is -4.75. The van der Waals surface area contributed by atoms with Crippen LogP contribution in [0.1, 0.15) is 61.8 Å². The zero-order valence-electron chi connectivity index (χ0n) is 24.7. The number of aryl methyl sites for hydroxylation is 1. The van der Waals surface area contributed by atoms with Gasteiger partial charge in [0.05, 0.1) is 6.04 Å². The van der Waals surface area contributed by atoms with E-state index in [0.29, 0.717) is 18.4 Å². The minimum absolute atomic E-state index is 0.00875. The van der Waals surface area contributed by atoms with Crippen LogP contribution in [0.5, 0.6) is 5.75 Å². The second-order valence-corrected chi connectivity index (χ2v) is 12.6. The van der Waals surface area contributed by atoms with Gasteiger partial charge in [-0.15, -0.1) is 0 Å². The molecule has 5 amide bonds. The molecule has 2 aromatic rings. The Balaban J connectivity index is 1.30. The molecule has 1 aliphatic carbocycles. The molecule has 2 aliphatic heterocycles. The Hall–Kier alpha value is -4.26. The van der Waals surface area contributed by atoms with Gasteiger partial charge in [-0.1, -0.05) is 36.4 Å². The number of hydrazine groups is 1. The fourth-order valence-corrected chi connectivity index (χ4v) is 6.56. The summed E-state index contributed by atoms with van der Waals surface area (Å²) < 4.78 is 15.6. The third kappa shape index (κ3) is 7.70. The monoisotopic (exact) mass is 641 g/mol. The molecule has 0 bridgehead atoms. The summed E-state index contributed by atoms with van der Waals surface area (Å²) >= 11 is 0. The molecular weight excluding hydrogens is 605 g/mol. The molecule has 5 rings (SSSR count). The highest BCUT2D eigenvalue weighted by Crippen LogP contribution is 2.37. The zero-order chi connectivity index (χ0) is 32.3. The number of nitrogens with one attached hydrogen (secondary N) is 3. The molecule has 2 heterocycles. The molecule has 14 nitrogen and oxygen atoms in total. The van der Waals surface area contributed by atoms with E-state index in [1.807, 2.05) is 24.3 Å². The highest BCUT2D eigenvalue weighted by atomic mass is 31.2. The molecule has 0 spiro atoms. The van der Waals surface area contributed by atoms with E-state index in [1.165, 1.54) is 41.2 Å². The summed E-state index contributed by atoms with van der Waals surface area (Å²) in [5, 5.41) is 10.9. The maximum absolute atomic E-state index is 13.9. The molecule has 4 atom stereocenters. The zero-order valence-corrected chi connectivity index (χ0v) is 25.6. The number of carbonyl (C=O) groups excluding carboxylic acids is 5. The average Bonchev–Trinajstić information content (AvgIpc) is 3.35. The Morgan fingerprint density at radius 3 is 2.40 bits per heavy atom. The summed E-state index contributed by atoms with van der Waals surface area (Å²) in [7, 11) is -4.75. The van der Waals surface area contributed by atoms with E-state index in [2.05, 4.69) is 20.5 Å². The molecule has 0 aromatic heterocycles. The van der Waals surface area contributed by atoms with Gasteiger partial charge in [0.2, 0.25) is 23.6 Å². The Morgan fingerprint density at radius 2 is 1.69 bits per heavy atom. The van der Waals surface area contributed by atoms with E-state index in [-0.39, 0.29) is 49.4 Å². The van der Waals surface area contributed by atoms with Crippen LogP contribution in [0, 0.1) is 0 Å². The first-order chi connectivity index (χ1) is 21.4. The molecule has 0 saturated carbocycles. The Kier molecular flexibility index (Phi) is 9.56. The van der Waals surface area contributed by atoms with Gasteiger partial charge in [-0.05, 0) is 60.9 Å². The number of nitrogens with zero attached hydrogens (tertiary/aromatic N) is 2. The molecule has 2 aromatic carbocycles. The van der Waals surface area contributed by atoms with Crippen molar-refractivity contribution in [1.29, 1.82) is 0 Å². The minimum Gasteiger partial charge on any atom is -0.404 e. The maximum atomic E-state index is 13.9. The summed E-state index contributed by atoms with van der Waals surface area (Å²) in [5.74, 6) is -2.51. The van der Waals surface area contributed by atoms with Crippen molar-refractivity contribution in [3.8, 4) is 5.75 Å². The van der Waals surface area contributed by atoms with Crippen LogP contribution in [-0.2, 0) is 41.4 Å². The summed E-state index contributed by atoms with van der Waals surface area (Å²) in [5.41, 5.74) is 2.74. The topological polar surface area (TPSA) is 195 Å². The second kappa shape index (κ2) is 13.4. The lowest BCUT2D eigenvalue weighted by Gasteiger charge is -2.43. The highest BCUT2D eigenvalue weighted by Gasteiger charge is 2.45. The van der Waals surface area contributed by atoms with Gasteiger partial charge < -0.3 is 20.5 Å². The standard InChI is InChI=1S/C30H36N5O9P/c1-18(36)31-25(17-19-8-11-21(12-9-19)44-45(41,42)43)28(38)33-24-14-15-27(37)34-16-4-7-26(35(34)30(24)40)29(39)32-23-13-10-20-5-2-3-6-22(20)23/h2-3,5-6,8-9,11-12,23-26H,4,7,10,13-17H2,1H3,(H,31,36)(H,32,39)(H,33,38)(H2,41,42,43). The van der Waals surface area contributed by atoms with Crippen LogP contribution in [0.2, 0.25) is 0 Å². The van der Waals surface area contributed by atoms with Crippen molar-refractivity contribution in [3.05, 3.63) is 65.2 Å². The van der Waals surface area contributed by atoms with Crippen LogP contribution in [0.25, 0.3) is 0 Å². The van der Waals surface area contributed by atoms with Crippen LogP contribution in [0.15, 0.2) is 48.5 Å². The fraction of sp³-hybridized carbons (Fsp3) is 0.433. The van der Waals surface area contributed by atoms with Gasteiger partial charge in [0.1, 0.15) is 23.9 Å². The van der Waals surface area contributed by atoms with Crippen molar-refractivity contribution >= 4 is 37.4 Å². The van der Waals surface area contributed by atoms with Crippen molar-refractivity contribution in [1.82, 2.24) is 26.0 Å². The molecule has 15 heteroatoms. The number of rotatable bonds is 9. The van der Waals surface area contributed by atoms with Crippen LogP contribution in [-0.4, -0.2) is 74.0 Å². The van der Waals surface area contributed by atoms with Gasteiger partial charge in [0, 0.05) is 26.3 Å². The summed E-state index contributed by atoms with van der Waals surface area (Å²) in [6.07, 6.45) is 2.43. The molecule has 3 aliphatic rings. The molecular formula is C30H36N5O9P. The van der Waals surface area contributed by atoms with E-state index >= 15 is 0 Å². The predicted molar refractivity (Wildman–Crippen MR) is 159 cm³/mol. The molecule has 45 heavy (non-hydrogen) atoms. The lowest BCUT2D eigenvalue weighted by Crippen LogP contribution is -2.64. The van der Waals surface area contributed by atoms with Gasteiger partial charge in [0.15, 0.2) is 0 Å². The van der Waals surface area contributed by atoms with E-state index in [9.17, 15) is 28.5 Å². The smallest absolute Gasteiger partial charge is 0.404 e. The van der Waals surface area contributed by atoms with Crippen molar-refractivity contribution in [3.63, 3.8) is 0 Å². The van der Waals surface area contributed by atoms with E-state index in [4.69, 9.17) is 9.79 Å². The number of carbonyl (C=O) groups is 5. The number of benzene rings is 2. The van der Waals surface area contributed by atoms with E-state index in [0.717, 1.165) is 24.0 Å². The van der Waals surface area contributed by atoms with Crippen LogP contribution >= 0.6 is 7.82 Å². The number of hydrogen-bond acceptors (Lipinski definition) is 7. The molecule has 2 fully saturated rings. The highest BCUT2D eigenvalue weighted by molar-refractivity contribution is 7.46. The number of phosphoric ester groups is 1. The maximum Gasteiger partial charge on any atom is 0.524 e. The number of amides is 5. The van der Waals surface area contributed by atoms with Crippen LogP contribution in [0.3, 0.4) is 0 Å². The van der Waals surface area contributed by atoms with Crippen molar-refractivity contribution in [2.45, 2.75) is 76.0 Å². The van der Waals surface area contributed by atoms with Crippen molar-refractivity contribution in [2.75, 3.05) is 6.54 Å². The lowest BCUT2D eigenvalue weighted by molar-refractivity contribution is -0.176. The Bertz CT molecular complexity index is 1530. The third-order valence-electron chi connectivity index (χ3n) is 8.21. The van der Waals surface area contributed by atoms with E-state index < -0.39 is 43.7 Å². The van der Waals surface area contributed by atoms with E-state index in [1.54, 1.807) is 0 Å². The van der Waals surface area contributed by atoms with Gasteiger partial charge in [-0.3, -0.25) is 38.8 Å². The molecule has 240 valence electrons. The number of phosphoric acid groups is 1. The predicted octanol–water partition coefficient (Wildman–Crippen LogP) is 1.02.